The summed E-state index contributed by atoms with van der Waals surface area (Å²) in [5.74, 6) is 0.533. The molecule has 0 spiro atoms. The lowest BCUT2D eigenvalue weighted by Gasteiger charge is -2.09. The number of nitrogens with zero attached hydrogens (tertiary/aromatic N) is 4. The van der Waals surface area contributed by atoms with Gasteiger partial charge in [-0.15, -0.1) is 10.2 Å². The first kappa shape index (κ1) is 17.8. The molecule has 9 heteroatoms. The lowest BCUT2D eigenvalue weighted by Crippen LogP contribution is -2.26. The number of aryl methyl sites for hydroxylation is 2. The number of halogens is 3. The Kier molecular flexibility index (Phi) is 4.62. The van der Waals surface area contributed by atoms with Crippen molar-refractivity contribution in [2.45, 2.75) is 33.0 Å². The Morgan fingerprint density at radius 1 is 1.19 bits per heavy atom. The predicted molar refractivity (Wildman–Crippen MR) is 87.3 cm³/mol. The van der Waals surface area contributed by atoms with Gasteiger partial charge in [-0.25, -0.2) is 4.98 Å². The number of hydrogen-bond acceptors (Lipinski definition) is 4. The molecule has 0 fully saturated rings. The van der Waals surface area contributed by atoms with Crippen molar-refractivity contribution in [2.24, 2.45) is 0 Å². The van der Waals surface area contributed by atoms with E-state index >= 15 is 0 Å². The van der Waals surface area contributed by atoms with Crippen molar-refractivity contribution in [3.05, 3.63) is 58.7 Å². The first-order valence-electron chi connectivity index (χ1n) is 7.85. The van der Waals surface area contributed by atoms with Crippen molar-refractivity contribution in [3.8, 4) is 0 Å². The fourth-order valence-corrected chi connectivity index (χ4v) is 2.70. The number of aromatic nitrogens is 4. The highest BCUT2D eigenvalue weighted by atomic mass is 19.4. The number of fused-ring (bicyclic) bond motifs is 1. The fourth-order valence-electron chi connectivity index (χ4n) is 2.70. The molecule has 0 bridgehead atoms. The smallest absolute Gasteiger partial charge is 0.348 e. The van der Waals surface area contributed by atoms with E-state index in [2.05, 4.69) is 20.5 Å². The summed E-state index contributed by atoms with van der Waals surface area (Å²) in [4.78, 5) is 16.3. The monoisotopic (exact) mass is 363 g/mol. The van der Waals surface area contributed by atoms with Crippen LogP contribution in [-0.4, -0.2) is 25.5 Å². The maximum Gasteiger partial charge on any atom is 0.416 e. The third-order valence-corrected chi connectivity index (χ3v) is 3.82. The van der Waals surface area contributed by atoms with Crippen molar-refractivity contribution < 1.29 is 18.0 Å². The molecule has 0 saturated carbocycles. The van der Waals surface area contributed by atoms with E-state index in [-0.39, 0.29) is 18.5 Å². The number of carbonyl (C=O) groups excluding carboxylic acids is 1. The van der Waals surface area contributed by atoms with Crippen LogP contribution in [0.2, 0.25) is 0 Å². The van der Waals surface area contributed by atoms with Gasteiger partial charge in [0.1, 0.15) is 0 Å². The second-order valence-corrected chi connectivity index (χ2v) is 5.94. The molecule has 0 aliphatic heterocycles. The second-order valence-electron chi connectivity index (χ2n) is 5.94. The van der Waals surface area contributed by atoms with Crippen LogP contribution in [0.15, 0.2) is 30.3 Å². The van der Waals surface area contributed by atoms with E-state index in [4.69, 9.17) is 0 Å². The van der Waals surface area contributed by atoms with Crippen LogP contribution in [0, 0.1) is 13.8 Å². The Hall–Kier alpha value is -2.97. The van der Waals surface area contributed by atoms with E-state index in [0.29, 0.717) is 11.6 Å². The van der Waals surface area contributed by atoms with Crippen LogP contribution in [0.1, 0.15) is 28.3 Å². The molecule has 2 aromatic heterocycles. The molecule has 0 radical (unpaired) electrons. The predicted octanol–water partition coefficient (Wildman–Crippen LogP) is 2.62. The molecule has 2 heterocycles. The highest BCUT2D eigenvalue weighted by Crippen LogP contribution is 2.29. The van der Waals surface area contributed by atoms with Crippen molar-refractivity contribution >= 4 is 11.7 Å². The van der Waals surface area contributed by atoms with Gasteiger partial charge in [-0.3, -0.25) is 9.20 Å². The van der Waals surface area contributed by atoms with Gasteiger partial charge in [0, 0.05) is 11.4 Å². The highest BCUT2D eigenvalue weighted by Gasteiger charge is 2.30. The van der Waals surface area contributed by atoms with Gasteiger partial charge < -0.3 is 5.32 Å². The van der Waals surface area contributed by atoms with Gasteiger partial charge in [0.05, 0.1) is 18.5 Å². The minimum absolute atomic E-state index is 0.102. The third-order valence-electron chi connectivity index (χ3n) is 3.82. The SMILES string of the molecule is Cc1cc(C)n2c(CNC(=O)Cc3cccc(C(F)(F)F)c3)nnc2n1. The largest absolute Gasteiger partial charge is 0.416 e. The molecule has 0 saturated heterocycles. The van der Waals surface area contributed by atoms with Crippen LogP contribution in [0.5, 0.6) is 0 Å². The van der Waals surface area contributed by atoms with Crippen molar-refractivity contribution in [3.63, 3.8) is 0 Å². The summed E-state index contributed by atoms with van der Waals surface area (Å²) in [6.45, 7) is 3.82. The van der Waals surface area contributed by atoms with E-state index in [9.17, 15) is 18.0 Å². The Bertz CT molecular complexity index is 965. The van der Waals surface area contributed by atoms with E-state index in [1.807, 2.05) is 19.9 Å². The number of alkyl halides is 3. The molecular formula is C17H16F3N5O. The molecule has 0 atom stereocenters. The first-order chi connectivity index (χ1) is 12.2. The molecule has 1 amide bonds. The van der Waals surface area contributed by atoms with E-state index in [0.717, 1.165) is 23.5 Å². The van der Waals surface area contributed by atoms with Gasteiger partial charge in [-0.05, 0) is 31.5 Å². The molecule has 3 rings (SSSR count). The normalized spacial score (nSPS) is 11.7. The maximum atomic E-state index is 12.7. The van der Waals surface area contributed by atoms with Gasteiger partial charge in [0.2, 0.25) is 5.91 Å². The van der Waals surface area contributed by atoms with Gasteiger partial charge in [0.15, 0.2) is 5.82 Å². The Balaban J connectivity index is 1.69. The molecule has 136 valence electrons. The molecule has 0 aliphatic carbocycles. The summed E-state index contributed by atoms with van der Waals surface area (Å²) in [7, 11) is 0. The molecule has 0 unspecified atom stereocenters. The number of amides is 1. The Morgan fingerprint density at radius 2 is 1.96 bits per heavy atom. The van der Waals surface area contributed by atoms with E-state index in [1.165, 1.54) is 12.1 Å². The van der Waals surface area contributed by atoms with Crippen molar-refractivity contribution in [1.82, 2.24) is 24.9 Å². The topological polar surface area (TPSA) is 72.2 Å². The minimum Gasteiger partial charge on any atom is -0.348 e. The maximum absolute atomic E-state index is 12.7. The number of nitrogens with one attached hydrogen (secondary N) is 1. The van der Waals surface area contributed by atoms with E-state index < -0.39 is 17.6 Å². The summed E-state index contributed by atoms with van der Waals surface area (Å²) < 4.78 is 39.9. The Labute approximate surface area is 147 Å². The van der Waals surface area contributed by atoms with Crippen molar-refractivity contribution in [1.29, 1.82) is 0 Å². The molecule has 26 heavy (non-hydrogen) atoms. The molecule has 1 N–H and O–H groups in total. The zero-order valence-electron chi connectivity index (χ0n) is 14.1. The van der Waals surface area contributed by atoms with Crippen molar-refractivity contribution in [2.75, 3.05) is 0 Å². The first-order valence-corrected chi connectivity index (χ1v) is 7.85. The standard InChI is InChI=1S/C17H16F3N5O/c1-10-6-11(2)25-14(23-24-16(25)22-10)9-21-15(26)8-12-4-3-5-13(7-12)17(18,19)20/h3-7H,8-9H2,1-2H3,(H,21,26). The fraction of sp³-hybridized carbons (Fsp3) is 0.294. The Morgan fingerprint density at radius 3 is 2.69 bits per heavy atom. The van der Waals surface area contributed by atoms with Gasteiger partial charge in [0.25, 0.3) is 5.78 Å². The second kappa shape index (κ2) is 6.74. The van der Waals surface area contributed by atoms with Crippen LogP contribution in [0.3, 0.4) is 0 Å². The zero-order chi connectivity index (χ0) is 18.9. The van der Waals surface area contributed by atoms with Gasteiger partial charge in [-0.2, -0.15) is 13.2 Å². The summed E-state index contributed by atoms with van der Waals surface area (Å²) >= 11 is 0. The number of benzene rings is 1. The highest BCUT2D eigenvalue weighted by molar-refractivity contribution is 5.78. The number of rotatable bonds is 4. The lowest BCUT2D eigenvalue weighted by atomic mass is 10.1. The average Bonchev–Trinajstić information content (AvgIpc) is 2.95. The number of hydrogen-bond donors (Lipinski definition) is 1. The quantitative estimate of drug-likeness (QED) is 0.773. The van der Waals surface area contributed by atoms with Crippen LogP contribution in [-0.2, 0) is 23.9 Å². The molecule has 6 nitrogen and oxygen atoms in total. The minimum atomic E-state index is -4.43. The van der Waals surface area contributed by atoms with Crippen LogP contribution in [0.4, 0.5) is 13.2 Å². The van der Waals surface area contributed by atoms with E-state index in [1.54, 1.807) is 4.40 Å². The summed E-state index contributed by atoms with van der Waals surface area (Å²) in [5.41, 5.74) is 1.20. The summed E-state index contributed by atoms with van der Waals surface area (Å²) in [6.07, 6.45) is -4.59. The average molecular weight is 363 g/mol. The summed E-state index contributed by atoms with van der Waals surface area (Å²) in [5, 5.41) is 10.6. The van der Waals surface area contributed by atoms with Crippen LogP contribution < -0.4 is 5.32 Å². The molecule has 0 aliphatic rings. The van der Waals surface area contributed by atoms with Gasteiger partial charge >= 0.3 is 6.18 Å². The third kappa shape index (κ3) is 3.81. The number of carbonyl (C=O) groups is 1. The molecule has 1 aromatic carbocycles. The van der Waals surface area contributed by atoms with Crippen LogP contribution in [0.25, 0.3) is 5.78 Å². The van der Waals surface area contributed by atoms with Gasteiger partial charge in [-0.1, -0.05) is 18.2 Å². The summed E-state index contributed by atoms with van der Waals surface area (Å²) in [6, 6.07) is 6.59. The molecular weight excluding hydrogens is 347 g/mol. The lowest BCUT2D eigenvalue weighted by molar-refractivity contribution is -0.137. The molecule has 3 aromatic rings. The zero-order valence-corrected chi connectivity index (χ0v) is 14.1. The van der Waals surface area contributed by atoms with Crippen LogP contribution >= 0.6 is 0 Å².